The molecule has 22 heavy (non-hydrogen) atoms. The SMILES string of the molecule is Cl.O=C(CCOc1ccc(Br)cc1F)NCC1CNCC1O. The molecule has 0 radical (unpaired) electrons. The minimum atomic E-state index is -0.468. The molecule has 2 rings (SSSR count). The van der Waals surface area contributed by atoms with Crippen LogP contribution in [0.3, 0.4) is 0 Å². The molecule has 3 N–H and O–H groups in total. The predicted octanol–water partition coefficient (Wildman–Crippen LogP) is 1.48. The lowest BCUT2D eigenvalue weighted by Gasteiger charge is -2.14. The van der Waals surface area contributed by atoms with Crippen LogP contribution >= 0.6 is 28.3 Å². The first-order valence-electron chi connectivity index (χ1n) is 6.79. The molecule has 2 unspecified atom stereocenters. The van der Waals surface area contributed by atoms with Gasteiger partial charge in [-0.05, 0) is 18.2 Å². The molecule has 1 aliphatic rings. The summed E-state index contributed by atoms with van der Waals surface area (Å²) in [6.07, 6.45) is -0.274. The molecule has 1 fully saturated rings. The quantitative estimate of drug-likeness (QED) is 0.680. The molecule has 1 aromatic carbocycles. The zero-order valence-corrected chi connectivity index (χ0v) is 14.3. The standard InChI is InChI=1S/C14H18BrFN2O3.ClH/c15-10-1-2-13(11(16)5-10)21-4-3-14(20)18-7-9-6-17-8-12(9)19;/h1-2,5,9,12,17,19H,3-4,6-8H2,(H,18,20);1H. The largest absolute Gasteiger partial charge is 0.490 e. The monoisotopic (exact) mass is 396 g/mol. The topological polar surface area (TPSA) is 70.6 Å². The van der Waals surface area contributed by atoms with Crippen molar-refractivity contribution in [2.75, 3.05) is 26.2 Å². The summed E-state index contributed by atoms with van der Waals surface area (Å²) in [4.78, 5) is 11.6. The van der Waals surface area contributed by atoms with Gasteiger partial charge in [0.1, 0.15) is 0 Å². The van der Waals surface area contributed by atoms with Gasteiger partial charge in [-0.2, -0.15) is 0 Å². The van der Waals surface area contributed by atoms with Crippen LogP contribution in [0.15, 0.2) is 22.7 Å². The number of hydrogen-bond acceptors (Lipinski definition) is 4. The Hall–Kier alpha value is -0.890. The van der Waals surface area contributed by atoms with E-state index in [1.54, 1.807) is 6.07 Å². The van der Waals surface area contributed by atoms with Crippen molar-refractivity contribution in [2.24, 2.45) is 5.92 Å². The Morgan fingerprint density at radius 3 is 2.91 bits per heavy atom. The number of halogens is 3. The lowest BCUT2D eigenvalue weighted by Crippen LogP contribution is -2.34. The van der Waals surface area contributed by atoms with Gasteiger partial charge in [-0.1, -0.05) is 15.9 Å². The van der Waals surface area contributed by atoms with E-state index in [9.17, 15) is 14.3 Å². The summed E-state index contributed by atoms with van der Waals surface area (Å²) in [7, 11) is 0. The number of aliphatic hydroxyl groups is 1. The third-order valence-corrected chi connectivity index (χ3v) is 3.84. The van der Waals surface area contributed by atoms with E-state index in [2.05, 4.69) is 26.6 Å². The number of ether oxygens (including phenoxy) is 1. The fourth-order valence-corrected chi connectivity index (χ4v) is 2.44. The van der Waals surface area contributed by atoms with Crippen molar-refractivity contribution < 1.29 is 19.0 Å². The molecule has 0 bridgehead atoms. The molecular weight excluding hydrogens is 379 g/mol. The first-order chi connectivity index (χ1) is 10.1. The second kappa shape index (κ2) is 9.29. The van der Waals surface area contributed by atoms with Crippen LogP contribution in [0.5, 0.6) is 5.75 Å². The van der Waals surface area contributed by atoms with E-state index in [1.807, 2.05) is 0 Å². The smallest absolute Gasteiger partial charge is 0.223 e. The third-order valence-electron chi connectivity index (χ3n) is 3.35. The number of nitrogens with one attached hydrogen (secondary N) is 2. The van der Waals surface area contributed by atoms with Crippen LogP contribution in [0.2, 0.25) is 0 Å². The summed E-state index contributed by atoms with van der Waals surface area (Å²) in [5, 5.41) is 15.4. The Morgan fingerprint density at radius 1 is 1.50 bits per heavy atom. The molecule has 1 saturated heterocycles. The molecule has 124 valence electrons. The zero-order valence-electron chi connectivity index (χ0n) is 11.9. The molecule has 1 aliphatic heterocycles. The Kier molecular flexibility index (Phi) is 8.09. The van der Waals surface area contributed by atoms with Crippen LogP contribution in [0.4, 0.5) is 4.39 Å². The van der Waals surface area contributed by atoms with Gasteiger partial charge in [-0.25, -0.2) is 4.39 Å². The van der Waals surface area contributed by atoms with E-state index in [4.69, 9.17) is 4.74 Å². The molecule has 0 saturated carbocycles. The summed E-state index contributed by atoms with van der Waals surface area (Å²) in [5.41, 5.74) is 0. The lowest BCUT2D eigenvalue weighted by atomic mass is 10.1. The first kappa shape index (κ1) is 19.2. The van der Waals surface area contributed by atoms with E-state index in [0.717, 1.165) is 0 Å². The maximum atomic E-state index is 13.5. The molecule has 1 heterocycles. The van der Waals surface area contributed by atoms with Gasteiger partial charge in [0.15, 0.2) is 11.6 Å². The average molecular weight is 398 g/mol. The van der Waals surface area contributed by atoms with Gasteiger partial charge in [0.2, 0.25) is 5.91 Å². The number of β-amino-alcohol motifs (C(OH)–C–C–N with tert-alkyl or cyclic N) is 1. The minimum Gasteiger partial charge on any atom is -0.490 e. The van der Waals surface area contributed by atoms with Crippen molar-refractivity contribution in [3.8, 4) is 5.75 Å². The van der Waals surface area contributed by atoms with E-state index in [1.165, 1.54) is 12.1 Å². The lowest BCUT2D eigenvalue weighted by molar-refractivity contribution is -0.121. The Bertz CT molecular complexity index is 507. The van der Waals surface area contributed by atoms with Gasteiger partial charge in [0.25, 0.3) is 0 Å². The molecular formula is C14H19BrClFN2O3. The Morgan fingerprint density at radius 2 is 2.27 bits per heavy atom. The maximum Gasteiger partial charge on any atom is 0.223 e. The van der Waals surface area contributed by atoms with Gasteiger partial charge in [0, 0.05) is 30.0 Å². The van der Waals surface area contributed by atoms with Crippen molar-refractivity contribution in [3.63, 3.8) is 0 Å². The van der Waals surface area contributed by atoms with Crippen molar-refractivity contribution in [2.45, 2.75) is 12.5 Å². The van der Waals surface area contributed by atoms with Gasteiger partial charge in [0.05, 0.1) is 19.1 Å². The fraction of sp³-hybridized carbons (Fsp3) is 0.500. The van der Waals surface area contributed by atoms with Crippen LogP contribution in [0, 0.1) is 11.7 Å². The molecule has 2 atom stereocenters. The molecule has 8 heteroatoms. The Balaban J connectivity index is 0.00000242. The van der Waals surface area contributed by atoms with Crippen LogP contribution in [-0.4, -0.2) is 43.4 Å². The second-order valence-electron chi connectivity index (χ2n) is 4.96. The van der Waals surface area contributed by atoms with Gasteiger partial charge >= 0.3 is 0 Å². The van der Waals surface area contributed by atoms with Gasteiger partial charge in [-0.15, -0.1) is 12.4 Å². The van der Waals surface area contributed by atoms with Crippen molar-refractivity contribution in [3.05, 3.63) is 28.5 Å². The highest BCUT2D eigenvalue weighted by Gasteiger charge is 2.24. The normalized spacial score (nSPS) is 20.3. The molecule has 0 aliphatic carbocycles. The van der Waals surface area contributed by atoms with E-state index in [-0.39, 0.29) is 43.0 Å². The highest BCUT2D eigenvalue weighted by atomic mass is 79.9. The third kappa shape index (κ3) is 5.72. The number of carbonyl (C=O) groups excluding carboxylic acids is 1. The zero-order chi connectivity index (χ0) is 15.2. The van der Waals surface area contributed by atoms with E-state index < -0.39 is 11.9 Å². The first-order valence-corrected chi connectivity index (χ1v) is 7.59. The van der Waals surface area contributed by atoms with Crippen LogP contribution in [-0.2, 0) is 4.79 Å². The van der Waals surface area contributed by atoms with Crippen LogP contribution in [0.25, 0.3) is 0 Å². The Labute approximate surface area is 143 Å². The highest BCUT2D eigenvalue weighted by Crippen LogP contribution is 2.21. The van der Waals surface area contributed by atoms with Crippen molar-refractivity contribution in [1.82, 2.24) is 10.6 Å². The molecule has 1 aromatic rings. The van der Waals surface area contributed by atoms with Crippen molar-refractivity contribution >= 4 is 34.2 Å². The number of benzene rings is 1. The number of amides is 1. The highest BCUT2D eigenvalue weighted by molar-refractivity contribution is 9.10. The van der Waals surface area contributed by atoms with Crippen LogP contribution in [0.1, 0.15) is 6.42 Å². The molecule has 0 spiro atoms. The molecule has 0 aromatic heterocycles. The van der Waals surface area contributed by atoms with Crippen LogP contribution < -0.4 is 15.4 Å². The van der Waals surface area contributed by atoms with Gasteiger partial charge in [-0.3, -0.25) is 4.79 Å². The summed E-state index contributed by atoms with van der Waals surface area (Å²) < 4.78 is 19.4. The number of rotatable bonds is 6. The summed E-state index contributed by atoms with van der Waals surface area (Å²) >= 11 is 3.16. The molecule has 5 nitrogen and oxygen atoms in total. The van der Waals surface area contributed by atoms with Gasteiger partial charge < -0.3 is 20.5 Å². The summed E-state index contributed by atoms with van der Waals surface area (Å²) in [6.45, 7) is 1.80. The van der Waals surface area contributed by atoms with E-state index >= 15 is 0 Å². The van der Waals surface area contributed by atoms with Crippen molar-refractivity contribution in [1.29, 1.82) is 0 Å². The summed E-state index contributed by atoms with van der Waals surface area (Å²) in [5.74, 6) is -0.475. The average Bonchev–Trinajstić information content (AvgIpc) is 2.84. The number of hydrogen-bond donors (Lipinski definition) is 3. The fourth-order valence-electron chi connectivity index (χ4n) is 2.11. The minimum absolute atomic E-state index is 0. The number of carbonyl (C=O) groups is 1. The second-order valence-corrected chi connectivity index (χ2v) is 5.88. The predicted molar refractivity (Wildman–Crippen MR) is 86.8 cm³/mol. The summed E-state index contributed by atoms with van der Waals surface area (Å²) in [6, 6.07) is 4.49. The number of aliphatic hydroxyl groups excluding tert-OH is 1. The molecule has 1 amide bonds. The maximum absolute atomic E-state index is 13.5. The van der Waals surface area contributed by atoms with E-state index in [0.29, 0.717) is 24.1 Å².